The van der Waals surface area contributed by atoms with Crippen LogP contribution >= 0.6 is 0 Å². The highest BCUT2D eigenvalue weighted by Gasteiger charge is 2.47. The molecule has 3 atom stereocenters. The Hall–Kier alpha value is -0.740. The quantitative estimate of drug-likeness (QED) is 0.757. The molecule has 2 fully saturated rings. The number of carbonyl (C=O) groups is 1. The standard InChI is InChI=1S/C14H22F3NO/c1-14(16,17)12-9-10(15)5-6-11(12)13(19)18-7-3-2-4-8-18/h10-12H,2-9H2,1H3. The maximum atomic E-state index is 13.6. The van der Waals surface area contributed by atoms with Crippen molar-refractivity contribution < 1.29 is 18.0 Å². The molecule has 19 heavy (non-hydrogen) atoms. The average molecular weight is 277 g/mol. The molecule has 0 bridgehead atoms. The predicted octanol–water partition coefficient (Wildman–Crippen LogP) is 3.41. The molecule has 1 aliphatic heterocycles. The zero-order chi connectivity index (χ0) is 14.0. The van der Waals surface area contributed by atoms with Gasteiger partial charge in [-0.15, -0.1) is 0 Å². The van der Waals surface area contributed by atoms with Crippen LogP contribution in [0.2, 0.25) is 0 Å². The minimum absolute atomic E-state index is 0.182. The van der Waals surface area contributed by atoms with Gasteiger partial charge in [-0.1, -0.05) is 0 Å². The van der Waals surface area contributed by atoms with Gasteiger partial charge >= 0.3 is 0 Å². The summed E-state index contributed by atoms with van der Waals surface area (Å²) < 4.78 is 40.6. The minimum Gasteiger partial charge on any atom is -0.342 e. The first-order valence-corrected chi connectivity index (χ1v) is 7.20. The summed E-state index contributed by atoms with van der Waals surface area (Å²) in [5, 5.41) is 0. The number of carbonyl (C=O) groups excluding carboxylic acids is 1. The van der Waals surface area contributed by atoms with Crippen LogP contribution in [0.5, 0.6) is 0 Å². The molecule has 3 unspecified atom stereocenters. The number of rotatable bonds is 2. The second kappa shape index (κ2) is 5.71. The van der Waals surface area contributed by atoms with Gasteiger partial charge in [0.2, 0.25) is 11.8 Å². The van der Waals surface area contributed by atoms with Gasteiger partial charge in [-0.3, -0.25) is 4.79 Å². The molecule has 1 saturated heterocycles. The SMILES string of the molecule is CC(F)(F)C1CC(F)CCC1C(=O)N1CCCCC1. The topological polar surface area (TPSA) is 20.3 Å². The Bertz CT molecular complexity index is 323. The first kappa shape index (κ1) is 14.7. The highest BCUT2D eigenvalue weighted by molar-refractivity contribution is 5.79. The zero-order valence-corrected chi connectivity index (χ0v) is 11.4. The van der Waals surface area contributed by atoms with Crippen molar-refractivity contribution in [1.29, 1.82) is 0 Å². The molecule has 0 spiro atoms. The molecule has 110 valence electrons. The third-order valence-electron chi connectivity index (χ3n) is 4.42. The lowest BCUT2D eigenvalue weighted by molar-refractivity contribution is -0.151. The van der Waals surface area contributed by atoms with Gasteiger partial charge in [0.1, 0.15) is 6.17 Å². The smallest absolute Gasteiger partial charge is 0.249 e. The lowest BCUT2D eigenvalue weighted by atomic mass is 9.74. The molecule has 0 aromatic rings. The lowest BCUT2D eigenvalue weighted by Crippen LogP contribution is -2.48. The highest BCUT2D eigenvalue weighted by atomic mass is 19.3. The van der Waals surface area contributed by atoms with Crippen molar-refractivity contribution in [2.24, 2.45) is 11.8 Å². The lowest BCUT2D eigenvalue weighted by Gasteiger charge is -2.39. The van der Waals surface area contributed by atoms with E-state index in [0.717, 1.165) is 26.2 Å². The number of amides is 1. The molecule has 0 aromatic heterocycles. The maximum absolute atomic E-state index is 13.6. The largest absolute Gasteiger partial charge is 0.342 e. The number of hydrogen-bond acceptors (Lipinski definition) is 1. The Kier molecular flexibility index (Phi) is 4.41. The molecular formula is C14H22F3NO. The summed E-state index contributed by atoms with van der Waals surface area (Å²) >= 11 is 0. The summed E-state index contributed by atoms with van der Waals surface area (Å²) in [6.07, 6.45) is 2.08. The highest BCUT2D eigenvalue weighted by Crippen LogP contribution is 2.42. The monoisotopic (exact) mass is 277 g/mol. The van der Waals surface area contributed by atoms with E-state index >= 15 is 0 Å². The summed E-state index contributed by atoms with van der Waals surface area (Å²) in [6.45, 7) is 2.14. The summed E-state index contributed by atoms with van der Waals surface area (Å²) in [7, 11) is 0. The minimum atomic E-state index is -2.99. The van der Waals surface area contributed by atoms with E-state index < -0.39 is 23.9 Å². The van der Waals surface area contributed by atoms with Crippen molar-refractivity contribution in [3.8, 4) is 0 Å². The molecular weight excluding hydrogens is 255 g/mol. The zero-order valence-electron chi connectivity index (χ0n) is 11.4. The Morgan fingerprint density at radius 3 is 2.37 bits per heavy atom. The van der Waals surface area contributed by atoms with Crippen LogP contribution in [-0.4, -0.2) is 36.0 Å². The molecule has 5 heteroatoms. The number of likely N-dealkylation sites (tertiary alicyclic amines) is 1. The third kappa shape index (κ3) is 3.42. The molecule has 2 rings (SSSR count). The van der Waals surface area contributed by atoms with Crippen LogP contribution in [-0.2, 0) is 4.79 Å². The fourth-order valence-corrected chi connectivity index (χ4v) is 3.32. The van der Waals surface area contributed by atoms with Crippen LogP contribution in [0.15, 0.2) is 0 Å². The molecule has 0 aromatic carbocycles. The van der Waals surface area contributed by atoms with Crippen molar-refractivity contribution in [1.82, 2.24) is 4.90 Å². The van der Waals surface area contributed by atoms with Gasteiger partial charge in [-0.2, -0.15) is 0 Å². The van der Waals surface area contributed by atoms with Gasteiger partial charge in [-0.05, 0) is 45.4 Å². The van der Waals surface area contributed by atoms with Crippen LogP contribution in [0, 0.1) is 11.8 Å². The van der Waals surface area contributed by atoms with Gasteiger partial charge in [0.25, 0.3) is 0 Å². The maximum Gasteiger partial charge on any atom is 0.249 e. The summed E-state index contributed by atoms with van der Waals surface area (Å²) in [4.78, 5) is 14.1. The van der Waals surface area contributed by atoms with Gasteiger partial charge in [0.15, 0.2) is 0 Å². The van der Waals surface area contributed by atoms with E-state index in [0.29, 0.717) is 13.1 Å². The predicted molar refractivity (Wildman–Crippen MR) is 66.8 cm³/mol. The Morgan fingerprint density at radius 2 is 1.79 bits per heavy atom. The van der Waals surface area contributed by atoms with Crippen molar-refractivity contribution in [2.75, 3.05) is 13.1 Å². The van der Waals surface area contributed by atoms with E-state index in [2.05, 4.69) is 0 Å². The second-order valence-electron chi connectivity index (χ2n) is 5.97. The van der Waals surface area contributed by atoms with E-state index in [1.165, 1.54) is 0 Å². The normalized spacial score (nSPS) is 33.3. The fourth-order valence-electron chi connectivity index (χ4n) is 3.32. The van der Waals surface area contributed by atoms with Gasteiger partial charge in [-0.25, -0.2) is 13.2 Å². The van der Waals surface area contributed by atoms with Gasteiger partial charge < -0.3 is 4.90 Å². The summed E-state index contributed by atoms with van der Waals surface area (Å²) in [5.41, 5.74) is 0. The van der Waals surface area contributed by atoms with E-state index in [1.54, 1.807) is 4.90 Å². The van der Waals surface area contributed by atoms with Crippen LogP contribution in [0.25, 0.3) is 0 Å². The van der Waals surface area contributed by atoms with Crippen LogP contribution < -0.4 is 0 Å². The molecule has 1 amide bonds. The van der Waals surface area contributed by atoms with Crippen LogP contribution in [0.3, 0.4) is 0 Å². The summed E-state index contributed by atoms with van der Waals surface area (Å²) in [6, 6.07) is 0. The number of halogens is 3. The Labute approximate surface area is 112 Å². The second-order valence-corrected chi connectivity index (χ2v) is 5.97. The number of nitrogens with zero attached hydrogens (tertiary/aromatic N) is 1. The van der Waals surface area contributed by atoms with Crippen LogP contribution in [0.4, 0.5) is 13.2 Å². The van der Waals surface area contributed by atoms with E-state index in [-0.39, 0.29) is 25.2 Å². The first-order valence-electron chi connectivity index (χ1n) is 7.20. The molecule has 0 radical (unpaired) electrons. The van der Waals surface area contributed by atoms with Gasteiger partial charge in [0.05, 0.1) is 0 Å². The number of alkyl halides is 3. The van der Waals surface area contributed by atoms with Crippen molar-refractivity contribution >= 4 is 5.91 Å². The third-order valence-corrected chi connectivity index (χ3v) is 4.42. The number of piperidine rings is 1. The Morgan fingerprint density at radius 1 is 1.16 bits per heavy atom. The molecule has 2 aliphatic rings. The van der Waals surface area contributed by atoms with Crippen molar-refractivity contribution in [2.45, 2.75) is 57.5 Å². The van der Waals surface area contributed by atoms with E-state index in [9.17, 15) is 18.0 Å². The van der Waals surface area contributed by atoms with Gasteiger partial charge in [0, 0.05) is 24.9 Å². The Balaban J connectivity index is 2.08. The first-order chi connectivity index (χ1) is 8.89. The van der Waals surface area contributed by atoms with Crippen LogP contribution in [0.1, 0.15) is 45.4 Å². The molecule has 1 aliphatic carbocycles. The molecule has 1 saturated carbocycles. The van der Waals surface area contributed by atoms with Crippen molar-refractivity contribution in [3.05, 3.63) is 0 Å². The molecule has 1 heterocycles. The average Bonchev–Trinajstić information content (AvgIpc) is 2.38. The molecule has 0 N–H and O–H groups in total. The number of hydrogen-bond donors (Lipinski definition) is 0. The van der Waals surface area contributed by atoms with Crippen molar-refractivity contribution in [3.63, 3.8) is 0 Å². The summed E-state index contributed by atoms with van der Waals surface area (Å²) in [5.74, 6) is -5.02. The van der Waals surface area contributed by atoms with E-state index in [4.69, 9.17) is 0 Å². The van der Waals surface area contributed by atoms with E-state index in [1.807, 2.05) is 0 Å². The molecule has 2 nitrogen and oxygen atoms in total. The fraction of sp³-hybridized carbons (Fsp3) is 0.929.